The fraction of sp³-hybridized carbons (Fsp3) is 0.909. The number of rotatable bonds is 8. The summed E-state index contributed by atoms with van der Waals surface area (Å²) in [6.07, 6.45) is 3.21. The quantitative estimate of drug-likeness (QED) is 0.615. The highest BCUT2D eigenvalue weighted by molar-refractivity contribution is 5.74. The lowest BCUT2D eigenvalue weighted by molar-refractivity contribution is -0.149. The van der Waals surface area contributed by atoms with Crippen molar-refractivity contribution in [3.8, 4) is 0 Å². The average Bonchev–Trinajstić information content (AvgIpc) is 2.13. The second-order valence-corrected chi connectivity index (χ2v) is 3.98. The third kappa shape index (κ3) is 4.61. The summed E-state index contributed by atoms with van der Waals surface area (Å²) < 4.78 is 5.31. The van der Waals surface area contributed by atoms with Gasteiger partial charge in [0.05, 0.1) is 5.41 Å². The lowest BCUT2D eigenvalue weighted by Crippen LogP contribution is -2.29. The molecule has 1 N–H and O–H groups in total. The predicted molar refractivity (Wildman–Crippen MR) is 56.4 cm³/mol. The molecule has 0 aromatic rings. The number of carboxylic acid groups (broad SMARTS) is 1. The number of hydrogen-bond donors (Lipinski definition) is 1. The van der Waals surface area contributed by atoms with Gasteiger partial charge in [-0.2, -0.15) is 0 Å². The van der Waals surface area contributed by atoms with Crippen LogP contribution in [0.4, 0.5) is 0 Å². The number of aliphatic carboxylic acids is 1. The number of carboxylic acids is 1. The smallest absolute Gasteiger partial charge is 0.309 e. The molecule has 0 heterocycles. The monoisotopic (exact) mass is 202 g/mol. The first-order chi connectivity index (χ1) is 6.56. The Bertz CT molecular complexity index is 168. The largest absolute Gasteiger partial charge is 0.481 e. The Balaban J connectivity index is 3.90. The van der Waals surface area contributed by atoms with Crippen LogP contribution in [0.1, 0.15) is 46.5 Å². The number of hydrogen-bond acceptors (Lipinski definition) is 2. The summed E-state index contributed by atoms with van der Waals surface area (Å²) in [5.74, 6) is -0.709. The van der Waals surface area contributed by atoms with Crippen molar-refractivity contribution in [2.24, 2.45) is 5.41 Å². The molecule has 0 spiro atoms. The summed E-state index contributed by atoms with van der Waals surface area (Å²) in [6, 6.07) is 0. The Morgan fingerprint density at radius 1 is 1.21 bits per heavy atom. The number of ether oxygens (including phenoxy) is 1. The molecular formula is C11H22O3. The van der Waals surface area contributed by atoms with Crippen LogP contribution in [0.5, 0.6) is 0 Å². The Kier molecular flexibility index (Phi) is 6.54. The predicted octanol–water partition coefficient (Wildman–Crippen LogP) is 2.69. The maximum Gasteiger partial charge on any atom is 0.309 e. The van der Waals surface area contributed by atoms with Crippen molar-refractivity contribution in [3.63, 3.8) is 0 Å². The normalized spacial score (nSPS) is 15.1. The van der Waals surface area contributed by atoms with Crippen LogP contribution in [0.2, 0.25) is 0 Å². The first-order valence-electron chi connectivity index (χ1n) is 5.38. The van der Waals surface area contributed by atoms with E-state index in [-0.39, 0.29) is 0 Å². The minimum Gasteiger partial charge on any atom is -0.481 e. The summed E-state index contributed by atoms with van der Waals surface area (Å²) in [5.41, 5.74) is -0.609. The minimum atomic E-state index is -0.709. The van der Waals surface area contributed by atoms with Crippen LogP contribution in [-0.4, -0.2) is 24.3 Å². The zero-order chi connectivity index (χ0) is 11.0. The molecule has 1 atom stereocenters. The van der Waals surface area contributed by atoms with Gasteiger partial charge >= 0.3 is 5.97 Å². The Morgan fingerprint density at radius 3 is 2.29 bits per heavy atom. The average molecular weight is 202 g/mol. The maximum atomic E-state index is 11.0. The van der Waals surface area contributed by atoms with Crippen molar-refractivity contribution >= 4 is 5.97 Å². The molecule has 3 heteroatoms. The van der Waals surface area contributed by atoms with Gasteiger partial charge in [0, 0.05) is 13.2 Å². The molecule has 0 rings (SSSR count). The van der Waals surface area contributed by atoms with E-state index >= 15 is 0 Å². The molecule has 0 amide bonds. The van der Waals surface area contributed by atoms with E-state index in [9.17, 15) is 4.79 Å². The molecule has 1 unspecified atom stereocenters. The van der Waals surface area contributed by atoms with Crippen LogP contribution in [0.3, 0.4) is 0 Å². The van der Waals surface area contributed by atoms with Gasteiger partial charge in [-0.15, -0.1) is 0 Å². The number of carbonyl (C=O) groups is 1. The van der Waals surface area contributed by atoms with Crippen molar-refractivity contribution in [2.45, 2.75) is 46.5 Å². The second kappa shape index (κ2) is 6.82. The van der Waals surface area contributed by atoms with Crippen LogP contribution in [0, 0.1) is 5.41 Å². The van der Waals surface area contributed by atoms with E-state index in [1.807, 2.05) is 13.8 Å². The molecule has 3 nitrogen and oxygen atoms in total. The SMILES string of the molecule is CCCOCCC(C)(CCC)C(=O)O. The van der Waals surface area contributed by atoms with E-state index in [0.29, 0.717) is 13.0 Å². The Labute approximate surface area is 86.5 Å². The highest BCUT2D eigenvalue weighted by atomic mass is 16.5. The van der Waals surface area contributed by atoms with Crippen LogP contribution in [-0.2, 0) is 9.53 Å². The fourth-order valence-corrected chi connectivity index (χ4v) is 1.43. The van der Waals surface area contributed by atoms with E-state index in [1.165, 1.54) is 0 Å². The van der Waals surface area contributed by atoms with E-state index in [4.69, 9.17) is 9.84 Å². The Morgan fingerprint density at radius 2 is 1.86 bits per heavy atom. The molecule has 0 bridgehead atoms. The lowest BCUT2D eigenvalue weighted by atomic mass is 9.83. The first-order valence-corrected chi connectivity index (χ1v) is 5.38. The minimum absolute atomic E-state index is 0.552. The van der Waals surface area contributed by atoms with Gasteiger partial charge in [-0.25, -0.2) is 0 Å². The van der Waals surface area contributed by atoms with Gasteiger partial charge in [0.2, 0.25) is 0 Å². The van der Waals surface area contributed by atoms with E-state index in [0.717, 1.165) is 25.9 Å². The fourth-order valence-electron chi connectivity index (χ4n) is 1.43. The van der Waals surface area contributed by atoms with Gasteiger partial charge in [0.1, 0.15) is 0 Å². The van der Waals surface area contributed by atoms with Gasteiger partial charge in [-0.05, 0) is 26.2 Å². The molecule has 0 saturated carbocycles. The van der Waals surface area contributed by atoms with E-state index in [2.05, 4.69) is 0 Å². The molecule has 0 radical (unpaired) electrons. The zero-order valence-corrected chi connectivity index (χ0v) is 9.51. The highest BCUT2D eigenvalue weighted by Gasteiger charge is 2.31. The standard InChI is InChI=1S/C11H22O3/c1-4-6-11(3,10(12)13)7-9-14-8-5-2/h4-9H2,1-3H3,(H,12,13). The molecule has 84 valence electrons. The summed E-state index contributed by atoms with van der Waals surface area (Å²) in [6.45, 7) is 7.13. The van der Waals surface area contributed by atoms with Crippen LogP contribution < -0.4 is 0 Å². The third-order valence-electron chi connectivity index (χ3n) is 2.46. The summed E-state index contributed by atoms with van der Waals surface area (Å²) in [4.78, 5) is 11.0. The molecule has 14 heavy (non-hydrogen) atoms. The van der Waals surface area contributed by atoms with Gasteiger partial charge in [0.15, 0.2) is 0 Å². The maximum absolute atomic E-state index is 11.0. The summed E-state index contributed by atoms with van der Waals surface area (Å²) in [7, 11) is 0. The van der Waals surface area contributed by atoms with Crippen molar-refractivity contribution in [1.29, 1.82) is 0 Å². The van der Waals surface area contributed by atoms with Gasteiger partial charge < -0.3 is 9.84 Å². The van der Waals surface area contributed by atoms with E-state index in [1.54, 1.807) is 6.92 Å². The summed E-state index contributed by atoms with van der Waals surface area (Å²) in [5, 5.41) is 9.06. The van der Waals surface area contributed by atoms with Crippen LogP contribution >= 0.6 is 0 Å². The third-order valence-corrected chi connectivity index (χ3v) is 2.46. The molecule has 0 aliphatic carbocycles. The second-order valence-electron chi connectivity index (χ2n) is 3.98. The molecule has 0 saturated heterocycles. The van der Waals surface area contributed by atoms with Gasteiger partial charge in [-0.1, -0.05) is 20.3 Å². The Hall–Kier alpha value is -0.570. The molecule has 0 aliphatic rings. The molecule has 0 aromatic carbocycles. The van der Waals surface area contributed by atoms with Crippen molar-refractivity contribution in [2.75, 3.05) is 13.2 Å². The van der Waals surface area contributed by atoms with Crippen molar-refractivity contribution in [1.82, 2.24) is 0 Å². The first kappa shape index (κ1) is 13.4. The van der Waals surface area contributed by atoms with Gasteiger partial charge in [0.25, 0.3) is 0 Å². The van der Waals surface area contributed by atoms with Crippen molar-refractivity contribution in [3.05, 3.63) is 0 Å². The lowest BCUT2D eigenvalue weighted by Gasteiger charge is -2.23. The highest BCUT2D eigenvalue weighted by Crippen LogP contribution is 2.27. The molecule has 0 aromatic heterocycles. The van der Waals surface area contributed by atoms with Crippen molar-refractivity contribution < 1.29 is 14.6 Å². The van der Waals surface area contributed by atoms with Gasteiger partial charge in [-0.3, -0.25) is 4.79 Å². The molecular weight excluding hydrogens is 180 g/mol. The molecule has 0 aliphatic heterocycles. The zero-order valence-electron chi connectivity index (χ0n) is 9.51. The van der Waals surface area contributed by atoms with Crippen LogP contribution in [0.25, 0.3) is 0 Å². The van der Waals surface area contributed by atoms with Crippen LogP contribution in [0.15, 0.2) is 0 Å². The topological polar surface area (TPSA) is 46.5 Å². The van der Waals surface area contributed by atoms with E-state index < -0.39 is 11.4 Å². The molecule has 0 fully saturated rings. The summed E-state index contributed by atoms with van der Waals surface area (Å²) >= 11 is 0.